The van der Waals surface area contributed by atoms with Crippen LogP contribution in [0.15, 0.2) is 71.5 Å². The van der Waals surface area contributed by atoms with Crippen LogP contribution in [-0.2, 0) is 22.1 Å². The summed E-state index contributed by atoms with van der Waals surface area (Å²) < 4.78 is 26.6. The molecular weight excluding hydrogens is 425 g/mol. The molecule has 1 atom stereocenters. The van der Waals surface area contributed by atoms with Gasteiger partial charge in [-0.25, -0.2) is 0 Å². The second kappa shape index (κ2) is 13.9. The van der Waals surface area contributed by atoms with Gasteiger partial charge in [-0.05, 0) is 68.0 Å². The molecule has 172 valence electrons. The largest absolute Gasteiger partial charge is 0.493 e. The van der Waals surface area contributed by atoms with Crippen LogP contribution >= 0.6 is 8.25 Å². The van der Waals surface area contributed by atoms with Crippen LogP contribution < -0.4 is 10.1 Å². The smallest absolute Gasteiger partial charge is 0.316 e. The first kappa shape index (κ1) is 24.3. The van der Waals surface area contributed by atoms with Gasteiger partial charge in [0.1, 0.15) is 5.75 Å². The van der Waals surface area contributed by atoms with Gasteiger partial charge in [0.15, 0.2) is 0 Å². The summed E-state index contributed by atoms with van der Waals surface area (Å²) in [7, 11) is -2.83. The molecule has 2 N–H and O–H groups in total. The summed E-state index contributed by atoms with van der Waals surface area (Å²) in [6.07, 6.45) is 8.49. The molecule has 3 aromatic rings. The highest BCUT2D eigenvalue weighted by molar-refractivity contribution is 7.32. The molecule has 0 amide bonds. The summed E-state index contributed by atoms with van der Waals surface area (Å²) in [5, 5.41) is 3.33. The van der Waals surface area contributed by atoms with Crippen molar-refractivity contribution >= 4 is 8.25 Å². The van der Waals surface area contributed by atoms with Crippen LogP contribution in [-0.4, -0.2) is 24.7 Å². The van der Waals surface area contributed by atoms with Gasteiger partial charge >= 0.3 is 8.25 Å². The Balaban J connectivity index is 1.45. The molecule has 0 bridgehead atoms. The molecule has 0 aliphatic heterocycles. The van der Waals surface area contributed by atoms with Crippen molar-refractivity contribution < 1.29 is 23.1 Å². The molecular formula is C25H32NO5P. The Morgan fingerprint density at radius 2 is 1.81 bits per heavy atom. The molecule has 0 fully saturated rings. The summed E-state index contributed by atoms with van der Waals surface area (Å²) in [6.45, 7) is 2.36. The second-order valence-electron chi connectivity index (χ2n) is 7.63. The fraction of sp³-hybridized carbons (Fsp3) is 0.360. The van der Waals surface area contributed by atoms with Gasteiger partial charge in [0.05, 0.1) is 25.7 Å². The standard InChI is InChI=1S/C25H32NO5P/c27-32(28)31-16-7-14-26-19-22-11-12-25(24(18-22)23-13-17-29-20-23)30-15-6-2-5-10-21-8-3-1-4-9-21/h1,3-4,8-9,11-13,17-18,20,26,32H,2,5-7,10,14-16,19H2,(H,27,28). The van der Waals surface area contributed by atoms with Gasteiger partial charge in [0.2, 0.25) is 0 Å². The molecule has 6 nitrogen and oxygen atoms in total. The third-order valence-electron chi connectivity index (χ3n) is 5.14. The Morgan fingerprint density at radius 3 is 2.59 bits per heavy atom. The molecule has 0 aliphatic rings. The van der Waals surface area contributed by atoms with Gasteiger partial charge in [0, 0.05) is 17.7 Å². The van der Waals surface area contributed by atoms with Crippen molar-refractivity contribution in [2.24, 2.45) is 0 Å². The fourth-order valence-corrected chi connectivity index (χ4v) is 3.80. The number of nitrogens with one attached hydrogen (secondary N) is 1. The predicted molar refractivity (Wildman–Crippen MR) is 127 cm³/mol. The molecule has 7 heteroatoms. The lowest BCUT2D eigenvalue weighted by atomic mass is 10.0. The molecule has 0 radical (unpaired) electrons. The van der Waals surface area contributed by atoms with E-state index in [0.29, 0.717) is 26.1 Å². The third kappa shape index (κ3) is 8.64. The fourth-order valence-electron chi connectivity index (χ4n) is 3.48. The summed E-state index contributed by atoms with van der Waals surface area (Å²) in [6, 6.07) is 18.7. The number of ether oxygens (including phenoxy) is 1. The molecule has 3 rings (SSSR count). The maximum absolute atomic E-state index is 10.5. The SMILES string of the molecule is O=[PH](O)OCCCNCc1ccc(OCCCCCc2ccccc2)c(-c2ccoc2)c1. The molecule has 2 aromatic carbocycles. The van der Waals surface area contributed by atoms with E-state index in [-0.39, 0.29) is 6.61 Å². The highest BCUT2D eigenvalue weighted by Gasteiger charge is 2.09. The Bertz CT molecular complexity index is 931. The van der Waals surface area contributed by atoms with Crippen LogP contribution in [0.25, 0.3) is 11.1 Å². The Hall–Kier alpha value is -2.37. The van der Waals surface area contributed by atoms with E-state index in [0.717, 1.165) is 48.1 Å². The molecule has 0 spiro atoms. The van der Waals surface area contributed by atoms with E-state index in [1.54, 1.807) is 12.5 Å². The first-order valence-corrected chi connectivity index (χ1v) is 12.4. The minimum atomic E-state index is -2.83. The van der Waals surface area contributed by atoms with Crippen molar-refractivity contribution in [2.45, 2.75) is 38.6 Å². The minimum absolute atomic E-state index is 0.277. The van der Waals surface area contributed by atoms with E-state index in [1.807, 2.05) is 12.1 Å². The van der Waals surface area contributed by atoms with Gasteiger partial charge in [-0.2, -0.15) is 0 Å². The van der Waals surface area contributed by atoms with Gasteiger partial charge in [-0.3, -0.25) is 4.57 Å². The van der Waals surface area contributed by atoms with E-state index in [1.165, 1.54) is 5.56 Å². The molecule has 0 aliphatic carbocycles. The number of benzene rings is 2. The quantitative estimate of drug-likeness (QED) is 0.228. The third-order valence-corrected chi connectivity index (χ3v) is 5.59. The van der Waals surface area contributed by atoms with Crippen LogP contribution in [0.4, 0.5) is 0 Å². The molecule has 0 saturated heterocycles. The maximum atomic E-state index is 10.5. The van der Waals surface area contributed by atoms with Crippen LogP contribution in [0.1, 0.15) is 36.8 Å². The van der Waals surface area contributed by atoms with Crippen molar-refractivity contribution in [3.05, 3.63) is 78.3 Å². The molecule has 0 saturated carbocycles. The topological polar surface area (TPSA) is 80.9 Å². The number of aryl methyl sites for hydroxylation is 1. The average Bonchev–Trinajstić information content (AvgIpc) is 3.34. The zero-order valence-electron chi connectivity index (χ0n) is 18.3. The summed E-state index contributed by atoms with van der Waals surface area (Å²) >= 11 is 0. The summed E-state index contributed by atoms with van der Waals surface area (Å²) in [5.74, 6) is 0.861. The van der Waals surface area contributed by atoms with Gasteiger partial charge < -0.3 is 23.9 Å². The van der Waals surface area contributed by atoms with Crippen molar-refractivity contribution in [1.29, 1.82) is 0 Å². The van der Waals surface area contributed by atoms with Gasteiger partial charge in [-0.15, -0.1) is 0 Å². The monoisotopic (exact) mass is 457 g/mol. The first-order valence-electron chi connectivity index (χ1n) is 11.1. The maximum Gasteiger partial charge on any atom is 0.316 e. The van der Waals surface area contributed by atoms with Crippen LogP contribution in [0, 0.1) is 0 Å². The van der Waals surface area contributed by atoms with Crippen molar-refractivity contribution in [3.63, 3.8) is 0 Å². The number of furan rings is 1. The lowest BCUT2D eigenvalue weighted by Crippen LogP contribution is -2.16. The van der Waals surface area contributed by atoms with E-state index in [4.69, 9.17) is 18.6 Å². The van der Waals surface area contributed by atoms with Crippen molar-refractivity contribution in [3.8, 4) is 16.9 Å². The Kier molecular flexibility index (Phi) is 10.6. The molecule has 32 heavy (non-hydrogen) atoms. The van der Waals surface area contributed by atoms with Gasteiger partial charge in [0.25, 0.3) is 0 Å². The first-order chi connectivity index (χ1) is 15.7. The van der Waals surface area contributed by atoms with Crippen molar-refractivity contribution in [1.82, 2.24) is 5.32 Å². The van der Waals surface area contributed by atoms with Gasteiger partial charge in [-0.1, -0.05) is 36.4 Å². The lowest BCUT2D eigenvalue weighted by molar-refractivity contribution is 0.276. The highest BCUT2D eigenvalue weighted by atomic mass is 31.1. The molecule has 1 unspecified atom stereocenters. The van der Waals surface area contributed by atoms with E-state index in [2.05, 4.69) is 47.8 Å². The molecule has 1 aromatic heterocycles. The van der Waals surface area contributed by atoms with Crippen molar-refractivity contribution in [2.75, 3.05) is 19.8 Å². The zero-order valence-corrected chi connectivity index (χ0v) is 19.3. The van der Waals surface area contributed by atoms with E-state index >= 15 is 0 Å². The van der Waals surface area contributed by atoms with Crippen LogP contribution in [0.5, 0.6) is 5.75 Å². The summed E-state index contributed by atoms with van der Waals surface area (Å²) in [5.41, 5.74) is 4.53. The van der Waals surface area contributed by atoms with E-state index < -0.39 is 8.25 Å². The number of rotatable bonds is 15. The number of hydrogen-bond acceptors (Lipinski definition) is 5. The summed E-state index contributed by atoms with van der Waals surface area (Å²) in [4.78, 5) is 8.67. The van der Waals surface area contributed by atoms with Crippen LogP contribution in [0.3, 0.4) is 0 Å². The van der Waals surface area contributed by atoms with E-state index in [9.17, 15) is 4.57 Å². The normalized spacial score (nSPS) is 12.0. The second-order valence-corrected chi connectivity index (χ2v) is 8.45. The van der Waals surface area contributed by atoms with Crippen LogP contribution in [0.2, 0.25) is 0 Å². The highest BCUT2D eigenvalue weighted by Crippen LogP contribution is 2.31. The number of hydrogen-bond donors (Lipinski definition) is 2. The Labute approximate surface area is 190 Å². The lowest BCUT2D eigenvalue weighted by Gasteiger charge is -2.13. The predicted octanol–water partition coefficient (Wildman–Crippen LogP) is 5.62. The number of unbranched alkanes of at least 4 members (excludes halogenated alkanes) is 2. The zero-order chi connectivity index (χ0) is 22.4. The average molecular weight is 458 g/mol. The Morgan fingerprint density at radius 1 is 0.938 bits per heavy atom. The molecule has 1 heterocycles. The minimum Gasteiger partial charge on any atom is -0.493 e.